The standard InChI is InChI=1S/C22H25N3O2S/c1-17-7-5-10-19(15-17)23-21(26)11-6-14-28-16-22(27)25-13-12-20(24-25)18-8-3-2-4-9-18/h2-5,7-10,15H,6,11-14,16H2,1H3,(H,23,26). The van der Waals surface area contributed by atoms with Gasteiger partial charge >= 0.3 is 0 Å². The fraction of sp³-hybridized carbons (Fsp3) is 0.318. The van der Waals surface area contributed by atoms with Gasteiger partial charge in [0.05, 0.1) is 18.0 Å². The molecule has 1 aliphatic heterocycles. The van der Waals surface area contributed by atoms with Crippen molar-refractivity contribution in [2.24, 2.45) is 5.10 Å². The smallest absolute Gasteiger partial charge is 0.252 e. The summed E-state index contributed by atoms with van der Waals surface area (Å²) in [6.07, 6.45) is 1.99. The molecular weight excluding hydrogens is 370 g/mol. The molecule has 3 rings (SSSR count). The molecule has 1 heterocycles. The number of aryl methyl sites for hydroxylation is 1. The monoisotopic (exact) mass is 395 g/mol. The van der Waals surface area contributed by atoms with Crippen molar-refractivity contribution in [3.8, 4) is 0 Å². The number of benzene rings is 2. The largest absolute Gasteiger partial charge is 0.326 e. The number of hydrogen-bond donors (Lipinski definition) is 1. The molecular formula is C22H25N3O2S. The molecule has 2 aromatic rings. The number of rotatable bonds is 8. The van der Waals surface area contributed by atoms with E-state index in [1.54, 1.807) is 16.8 Å². The van der Waals surface area contributed by atoms with Gasteiger partial charge in [0.25, 0.3) is 5.91 Å². The third kappa shape index (κ3) is 5.96. The summed E-state index contributed by atoms with van der Waals surface area (Å²) in [6, 6.07) is 17.7. The summed E-state index contributed by atoms with van der Waals surface area (Å²) in [5, 5.41) is 8.94. The zero-order valence-corrected chi connectivity index (χ0v) is 16.9. The Morgan fingerprint density at radius 1 is 1.14 bits per heavy atom. The quantitative estimate of drug-likeness (QED) is 0.685. The van der Waals surface area contributed by atoms with Crippen LogP contribution in [0.3, 0.4) is 0 Å². The van der Waals surface area contributed by atoms with Crippen LogP contribution in [0.4, 0.5) is 5.69 Å². The minimum absolute atomic E-state index is 0.00849. The molecule has 0 atom stereocenters. The summed E-state index contributed by atoms with van der Waals surface area (Å²) in [6.45, 7) is 2.64. The molecule has 0 bridgehead atoms. The van der Waals surface area contributed by atoms with Gasteiger partial charge in [-0.25, -0.2) is 5.01 Å². The number of nitrogens with one attached hydrogen (secondary N) is 1. The van der Waals surface area contributed by atoms with Crippen LogP contribution in [0, 0.1) is 6.92 Å². The van der Waals surface area contributed by atoms with Crippen LogP contribution in [0.15, 0.2) is 59.7 Å². The maximum absolute atomic E-state index is 12.3. The zero-order chi connectivity index (χ0) is 19.8. The number of anilines is 1. The van der Waals surface area contributed by atoms with Crippen molar-refractivity contribution in [3.05, 3.63) is 65.7 Å². The summed E-state index contributed by atoms with van der Waals surface area (Å²) < 4.78 is 0. The third-order valence-electron chi connectivity index (χ3n) is 4.42. The predicted molar refractivity (Wildman–Crippen MR) is 116 cm³/mol. The van der Waals surface area contributed by atoms with Crippen LogP contribution in [-0.2, 0) is 9.59 Å². The predicted octanol–water partition coefficient (Wildman–Crippen LogP) is 4.08. The van der Waals surface area contributed by atoms with Gasteiger partial charge in [-0.1, -0.05) is 42.5 Å². The van der Waals surface area contributed by atoms with Gasteiger partial charge in [0.15, 0.2) is 0 Å². The topological polar surface area (TPSA) is 61.8 Å². The number of hydrazone groups is 1. The Bertz CT molecular complexity index is 852. The lowest BCUT2D eigenvalue weighted by molar-refractivity contribution is -0.127. The Hall–Kier alpha value is -2.60. The molecule has 5 nitrogen and oxygen atoms in total. The molecule has 0 fully saturated rings. The summed E-state index contributed by atoms with van der Waals surface area (Å²) in [5.74, 6) is 1.20. The lowest BCUT2D eigenvalue weighted by atomic mass is 10.1. The van der Waals surface area contributed by atoms with Gasteiger partial charge in [-0.2, -0.15) is 16.9 Å². The molecule has 0 aliphatic carbocycles. The molecule has 0 radical (unpaired) electrons. The highest BCUT2D eigenvalue weighted by Gasteiger charge is 2.21. The van der Waals surface area contributed by atoms with E-state index in [1.807, 2.05) is 61.5 Å². The molecule has 0 aromatic heterocycles. The first-order chi connectivity index (χ1) is 13.6. The van der Waals surface area contributed by atoms with Crippen LogP contribution >= 0.6 is 11.8 Å². The Kier molecular flexibility index (Phi) is 7.25. The molecule has 0 spiro atoms. The maximum atomic E-state index is 12.3. The van der Waals surface area contributed by atoms with E-state index in [4.69, 9.17) is 0 Å². The van der Waals surface area contributed by atoms with Crippen molar-refractivity contribution < 1.29 is 9.59 Å². The van der Waals surface area contributed by atoms with Crippen molar-refractivity contribution in [1.29, 1.82) is 0 Å². The number of carbonyl (C=O) groups excluding carboxylic acids is 2. The van der Waals surface area contributed by atoms with E-state index < -0.39 is 0 Å². The van der Waals surface area contributed by atoms with Gasteiger partial charge in [0.1, 0.15) is 0 Å². The second kappa shape index (κ2) is 10.1. The van der Waals surface area contributed by atoms with Crippen molar-refractivity contribution in [2.45, 2.75) is 26.2 Å². The van der Waals surface area contributed by atoms with Crippen LogP contribution in [0.1, 0.15) is 30.4 Å². The minimum Gasteiger partial charge on any atom is -0.326 e. The average Bonchev–Trinajstić information content (AvgIpc) is 3.19. The number of thioether (sulfide) groups is 1. The Morgan fingerprint density at radius 2 is 1.96 bits per heavy atom. The normalized spacial score (nSPS) is 13.3. The van der Waals surface area contributed by atoms with E-state index in [1.165, 1.54) is 0 Å². The third-order valence-corrected chi connectivity index (χ3v) is 5.45. The first kappa shape index (κ1) is 20.1. The van der Waals surface area contributed by atoms with E-state index in [2.05, 4.69) is 10.4 Å². The van der Waals surface area contributed by atoms with Crippen LogP contribution < -0.4 is 5.32 Å². The summed E-state index contributed by atoms with van der Waals surface area (Å²) in [4.78, 5) is 24.3. The van der Waals surface area contributed by atoms with Crippen LogP contribution in [0.5, 0.6) is 0 Å². The molecule has 1 aliphatic rings. The van der Waals surface area contributed by atoms with E-state index >= 15 is 0 Å². The first-order valence-corrected chi connectivity index (χ1v) is 10.6. The highest BCUT2D eigenvalue weighted by Crippen LogP contribution is 2.16. The lowest BCUT2D eigenvalue weighted by Crippen LogP contribution is -2.25. The minimum atomic E-state index is 0.00849. The van der Waals surface area contributed by atoms with E-state index in [-0.39, 0.29) is 11.8 Å². The highest BCUT2D eigenvalue weighted by molar-refractivity contribution is 7.99. The van der Waals surface area contributed by atoms with Crippen molar-refractivity contribution in [2.75, 3.05) is 23.4 Å². The second-order valence-electron chi connectivity index (χ2n) is 6.75. The van der Waals surface area contributed by atoms with Crippen LogP contribution in [0.25, 0.3) is 0 Å². The van der Waals surface area contributed by atoms with Crippen molar-refractivity contribution in [3.63, 3.8) is 0 Å². The fourth-order valence-corrected chi connectivity index (χ4v) is 3.80. The number of amides is 2. The average molecular weight is 396 g/mol. The molecule has 6 heteroatoms. The first-order valence-electron chi connectivity index (χ1n) is 9.49. The molecule has 146 valence electrons. The molecule has 2 aromatic carbocycles. The van der Waals surface area contributed by atoms with Gasteiger partial charge in [-0.3, -0.25) is 9.59 Å². The molecule has 2 amide bonds. The summed E-state index contributed by atoms with van der Waals surface area (Å²) >= 11 is 1.56. The van der Waals surface area contributed by atoms with Gasteiger partial charge in [-0.15, -0.1) is 0 Å². The van der Waals surface area contributed by atoms with Gasteiger partial charge in [0.2, 0.25) is 5.91 Å². The van der Waals surface area contributed by atoms with Gasteiger partial charge < -0.3 is 5.32 Å². The molecule has 1 N–H and O–H groups in total. The van der Waals surface area contributed by atoms with Gasteiger partial charge in [-0.05, 0) is 42.4 Å². The number of nitrogens with zero attached hydrogens (tertiary/aromatic N) is 2. The number of carbonyl (C=O) groups is 2. The summed E-state index contributed by atoms with van der Waals surface area (Å²) in [5.41, 5.74) is 3.98. The summed E-state index contributed by atoms with van der Waals surface area (Å²) in [7, 11) is 0. The van der Waals surface area contributed by atoms with Crippen molar-refractivity contribution >= 4 is 35.0 Å². The number of hydrogen-bond acceptors (Lipinski definition) is 4. The van der Waals surface area contributed by atoms with Gasteiger partial charge in [0, 0.05) is 18.5 Å². The highest BCUT2D eigenvalue weighted by atomic mass is 32.2. The molecule has 28 heavy (non-hydrogen) atoms. The zero-order valence-electron chi connectivity index (χ0n) is 16.1. The SMILES string of the molecule is Cc1cccc(NC(=O)CCCSCC(=O)N2CCC(c3ccccc3)=N2)c1. The van der Waals surface area contributed by atoms with Crippen molar-refractivity contribution in [1.82, 2.24) is 5.01 Å². The van der Waals surface area contributed by atoms with Crippen LogP contribution in [0.2, 0.25) is 0 Å². The molecule has 0 saturated heterocycles. The second-order valence-corrected chi connectivity index (χ2v) is 7.86. The fourth-order valence-electron chi connectivity index (χ4n) is 2.99. The van der Waals surface area contributed by atoms with E-state index in [0.29, 0.717) is 18.7 Å². The lowest BCUT2D eigenvalue weighted by Gasteiger charge is -2.11. The Morgan fingerprint density at radius 3 is 2.75 bits per heavy atom. The molecule has 0 unspecified atom stereocenters. The van der Waals surface area contributed by atoms with E-state index in [9.17, 15) is 9.59 Å². The van der Waals surface area contributed by atoms with E-state index in [0.717, 1.165) is 41.1 Å². The van der Waals surface area contributed by atoms with Crippen LogP contribution in [-0.4, -0.2) is 40.6 Å². The maximum Gasteiger partial charge on any atom is 0.252 e. The Labute approximate surface area is 170 Å². The molecule has 0 saturated carbocycles. The Balaban J connectivity index is 1.33.